The molecule has 0 atom stereocenters. The van der Waals surface area contributed by atoms with E-state index in [0.29, 0.717) is 0 Å². The molecule has 0 amide bonds. The van der Waals surface area contributed by atoms with Crippen LogP contribution >= 0.6 is 0 Å². The van der Waals surface area contributed by atoms with E-state index in [1.165, 1.54) is 0 Å². The van der Waals surface area contributed by atoms with Crippen LogP contribution in [0.2, 0.25) is 0 Å². The summed E-state index contributed by atoms with van der Waals surface area (Å²) in [6.45, 7) is 4.03. The van der Waals surface area contributed by atoms with Crippen molar-refractivity contribution in [2.75, 3.05) is 6.61 Å². The van der Waals surface area contributed by atoms with E-state index < -0.39 is 5.97 Å². The minimum atomic E-state index is -0.970. The Labute approximate surface area is 105 Å². The Kier molecular flexibility index (Phi) is 3.62. The SMILES string of the molecule is CC(C)n1c(COCC(=O)O)nc2ccccc21. The molecule has 0 aliphatic carbocycles. The second-order valence-corrected chi connectivity index (χ2v) is 4.37. The van der Waals surface area contributed by atoms with Crippen molar-refractivity contribution in [3.63, 3.8) is 0 Å². The lowest BCUT2D eigenvalue weighted by Crippen LogP contribution is -2.11. The number of rotatable bonds is 5. The average Bonchev–Trinajstić information content (AvgIpc) is 2.66. The number of ether oxygens (including phenoxy) is 1. The van der Waals surface area contributed by atoms with Crippen LogP contribution < -0.4 is 0 Å². The molecule has 96 valence electrons. The van der Waals surface area contributed by atoms with Crippen LogP contribution in [0.25, 0.3) is 11.0 Å². The minimum Gasteiger partial charge on any atom is -0.480 e. The summed E-state index contributed by atoms with van der Waals surface area (Å²) in [7, 11) is 0. The zero-order valence-corrected chi connectivity index (χ0v) is 10.5. The molecule has 0 unspecified atom stereocenters. The molecule has 0 radical (unpaired) electrons. The molecule has 1 aromatic heterocycles. The summed E-state index contributed by atoms with van der Waals surface area (Å²) < 4.78 is 7.19. The van der Waals surface area contributed by atoms with E-state index in [1.807, 2.05) is 24.3 Å². The third-order valence-corrected chi connectivity index (χ3v) is 2.64. The molecule has 1 N–H and O–H groups in total. The fourth-order valence-corrected chi connectivity index (χ4v) is 2.00. The minimum absolute atomic E-state index is 0.207. The molecule has 0 aliphatic heterocycles. The van der Waals surface area contributed by atoms with Crippen LogP contribution in [0.3, 0.4) is 0 Å². The van der Waals surface area contributed by atoms with Crippen LogP contribution in [-0.4, -0.2) is 27.2 Å². The number of aromatic nitrogens is 2. The Morgan fingerprint density at radius 2 is 2.17 bits per heavy atom. The van der Waals surface area contributed by atoms with Gasteiger partial charge in [0.25, 0.3) is 0 Å². The van der Waals surface area contributed by atoms with E-state index >= 15 is 0 Å². The highest BCUT2D eigenvalue weighted by Gasteiger charge is 2.13. The number of nitrogens with zero attached hydrogens (tertiary/aromatic N) is 2. The summed E-state index contributed by atoms with van der Waals surface area (Å²) in [5.74, 6) is -0.213. The first-order valence-electron chi connectivity index (χ1n) is 5.85. The van der Waals surface area contributed by atoms with Crippen LogP contribution in [-0.2, 0) is 16.1 Å². The highest BCUT2D eigenvalue weighted by Crippen LogP contribution is 2.21. The van der Waals surface area contributed by atoms with E-state index in [1.54, 1.807) is 0 Å². The number of hydrogen-bond acceptors (Lipinski definition) is 3. The van der Waals surface area contributed by atoms with Gasteiger partial charge in [0, 0.05) is 6.04 Å². The largest absolute Gasteiger partial charge is 0.480 e. The van der Waals surface area contributed by atoms with Gasteiger partial charge in [-0.25, -0.2) is 9.78 Å². The van der Waals surface area contributed by atoms with Crippen molar-refractivity contribution in [3.8, 4) is 0 Å². The number of carboxylic acids is 1. The summed E-state index contributed by atoms with van der Waals surface area (Å²) >= 11 is 0. The van der Waals surface area contributed by atoms with Gasteiger partial charge in [0.15, 0.2) is 0 Å². The van der Waals surface area contributed by atoms with Gasteiger partial charge in [-0.05, 0) is 26.0 Å². The maximum atomic E-state index is 10.4. The smallest absolute Gasteiger partial charge is 0.329 e. The number of fused-ring (bicyclic) bond motifs is 1. The van der Waals surface area contributed by atoms with Crippen LogP contribution in [0.1, 0.15) is 25.7 Å². The van der Waals surface area contributed by atoms with E-state index in [9.17, 15) is 4.79 Å². The molecule has 5 nitrogen and oxygen atoms in total. The van der Waals surface area contributed by atoms with Gasteiger partial charge in [-0.3, -0.25) is 0 Å². The highest BCUT2D eigenvalue weighted by molar-refractivity contribution is 5.76. The van der Waals surface area contributed by atoms with Crippen molar-refractivity contribution in [3.05, 3.63) is 30.1 Å². The molecule has 0 saturated heterocycles. The Balaban J connectivity index is 2.31. The summed E-state index contributed by atoms with van der Waals surface area (Å²) in [4.78, 5) is 14.9. The molecule has 18 heavy (non-hydrogen) atoms. The first-order valence-corrected chi connectivity index (χ1v) is 5.85. The quantitative estimate of drug-likeness (QED) is 0.881. The summed E-state index contributed by atoms with van der Waals surface area (Å²) in [6, 6.07) is 8.09. The van der Waals surface area contributed by atoms with Gasteiger partial charge in [-0.1, -0.05) is 12.1 Å². The summed E-state index contributed by atoms with van der Waals surface area (Å²) in [5, 5.41) is 8.56. The summed E-state index contributed by atoms with van der Waals surface area (Å²) in [6.07, 6.45) is 0. The zero-order chi connectivity index (χ0) is 13.1. The fraction of sp³-hybridized carbons (Fsp3) is 0.385. The Bertz CT molecular complexity index is 560. The molecule has 2 rings (SSSR count). The van der Waals surface area contributed by atoms with E-state index in [0.717, 1.165) is 16.9 Å². The molecular formula is C13H16N2O3. The molecule has 0 fully saturated rings. The topological polar surface area (TPSA) is 64.3 Å². The van der Waals surface area contributed by atoms with Crippen molar-refractivity contribution in [1.29, 1.82) is 0 Å². The van der Waals surface area contributed by atoms with Gasteiger partial charge >= 0.3 is 5.97 Å². The van der Waals surface area contributed by atoms with Gasteiger partial charge < -0.3 is 14.4 Å². The van der Waals surface area contributed by atoms with Crippen molar-refractivity contribution in [2.45, 2.75) is 26.5 Å². The summed E-state index contributed by atoms with van der Waals surface area (Å²) in [5.41, 5.74) is 1.95. The number of aliphatic carboxylic acids is 1. The van der Waals surface area contributed by atoms with E-state index in [4.69, 9.17) is 9.84 Å². The normalized spacial score (nSPS) is 11.3. The molecule has 0 bridgehead atoms. The first kappa shape index (κ1) is 12.6. The van der Waals surface area contributed by atoms with E-state index in [-0.39, 0.29) is 19.3 Å². The first-order chi connectivity index (χ1) is 8.59. The molecule has 0 aliphatic rings. The van der Waals surface area contributed by atoms with Gasteiger partial charge in [0.05, 0.1) is 11.0 Å². The van der Waals surface area contributed by atoms with Crippen LogP contribution in [0.5, 0.6) is 0 Å². The Morgan fingerprint density at radius 1 is 1.44 bits per heavy atom. The van der Waals surface area contributed by atoms with Crippen molar-refractivity contribution >= 4 is 17.0 Å². The molecule has 0 spiro atoms. The van der Waals surface area contributed by atoms with Gasteiger partial charge in [-0.15, -0.1) is 0 Å². The lowest BCUT2D eigenvalue weighted by Gasteiger charge is -2.12. The third-order valence-electron chi connectivity index (χ3n) is 2.64. The predicted octanol–water partition coefficient (Wildman–Crippen LogP) is 2.22. The maximum absolute atomic E-state index is 10.4. The van der Waals surface area contributed by atoms with Crippen molar-refractivity contribution in [1.82, 2.24) is 9.55 Å². The molecule has 1 heterocycles. The van der Waals surface area contributed by atoms with Crippen molar-refractivity contribution < 1.29 is 14.6 Å². The predicted molar refractivity (Wildman–Crippen MR) is 67.4 cm³/mol. The van der Waals surface area contributed by atoms with Crippen molar-refractivity contribution in [2.24, 2.45) is 0 Å². The van der Waals surface area contributed by atoms with Gasteiger partial charge in [0.1, 0.15) is 19.0 Å². The monoisotopic (exact) mass is 248 g/mol. The molecule has 2 aromatic rings. The lowest BCUT2D eigenvalue weighted by atomic mass is 10.3. The van der Waals surface area contributed by atoms with E-state index in [2.05, 4.69) is 23.4 Å². The maximum Gasteiger partial charge on any atom is 0.329 e. The number of para-hydroxylation sites is 2. The van der Waals surface area contributed by atoms with Gasteiger partial charge in [-0.2, -0.15) is 0 Å². The second kappa shape index (κ2) is 5.18. The molecule has 0 saturated carbocycles. The number of carbonyl (C=O) groups is 1. The average molecular weight is 248 g/mol. The number of imidazole rings is 1. The van der Waals surface area contributed by atoms with Crippen LogP contribution in [0.4, 0.5) is 0 Å². The standard InChI is InChI=1S/C13H16N2O3/c1-9(2)15-11-6-4-3-5-10(11)14-12(15)7-18-8-13(16)17/h3-6,9H,7-8H2,1-2H3,(H,16,17). The Hall–Kier alpha value is -1.88. The number of carboxylic acid groups (broad SMARTS) is 1. The lowest BCUT2D eigenvalue weighted by molar-refractivity contribution is -0.142. The number of benzene rings is 1. The molecule has 1 aromatic carbocycles. The molecular weight excluding hydrogens is 232 g/mol. The second-order valence-electron chi connectivity index (χ2n) is 4.37. The fourth-order valence-electron chi connectivity index (χ4n) is 2.00. The molecule has 5 heteroatoms. The third kappa shape index (κ3) is 2.51. The number of hydrogen-bond donors (Lipinski definition) is 1. The Morgan fingerprint density at radius 3 is 2.83 bits per heavy atom. The van der Waals surface area contributed by atoms with Gasteiger partial charge in [0.2, 0.25) is 0 Å². The highest BCUT2D eigenvalue weighted by atomic mass is 16.5. The van der Waals surface area contributed by atoms with Crippen LogP contribution in [0.15, 0.2) is 24.3 Å². The zero-order valence-electron chi connectivity index (χ0n) is 10.5. The van der Waals surface area contributed by atoms with Crippen LogP contribution in [0, 0.1) is 0 Å².